The van der Waals surface area contributed by atoms with Crippen LogP contribution in [0.4, 0.5) is 8.78 Å². The highest BCUT2D eigenvalue weighted by molar-refractivity contribution is 5.99. The molecule has 2 aromatic rings. The molecule has 110 valence electrons. The minimum absolute atomic E-state index is 0.0261. The van der Waals surface area contributed by atoms with Gasteiger partial charge in [0.15, 0.2) is 6.10 Å². The quantitative estimate of drug-likeness (QED) is 0.790. The molecule has 0 bridgehead atoms. The smallest absolute Gasteiger partial charge is 0.202 e. The molecule has 0 aliphatic carbocycles. The molecule has 3 nitrogen and oxygen atoms in total. The molecular formula is C16H14F2O3. The Morgan fingerprint density at radius 1 is 1.00 bits per heavy atom. The van der Waals surface area contributed by atoms with Crippen molar-refractivity contribution < 1.29 is 23.0 Å². The average molecular weight is 292 g/mol. The molecule has 0 aromatic heterocycles. The van der Waals surface area contributed by atoms with E-state index in [9.17, 15) is 13.6 Å². The van der Waals surface area contributed by atoms with E-state index in [0.717, 1.165) is 18.2 Å². The van der Waals surface area contributed by atoms with E-state index in [4.69, 9.17) is 9.47 Å². The van der Waals surface area contributed by atoms with Gasteiger partial charge >= 0.3 is 0 Å². The monoisotopic (exact) mass is 292 g/mol. The Hall–Kier alpha value is -2.43. The fraction of sp³-hybridized carbons (Fsp3) is 0.188. The van der Waals surface area contributed by atoms with Gasteiger partial charge in [-0.3, -0.25) is 4.79 Å². The van der Waals surface area contributed by atoms with E-state index in [1.54, 1.807) is 24.3 Å². The summed E-state index contributed by atoms with van der Waals surface area (Å²) in [6, 6.07) is 9.31. The Kier molecular flexibility index (Phi) is 4.52. The third-order valence-electron chi connectivity index (χ3n) is 2.89. The van der Waals surface area contributed by atoms with Crippen molar-refractivity contribution in [1.29, 1.82) is 0 Å². The van der Waals surface area contributed by atoms with Crippen molar-refractivity contribution in [1.82, 2.24) is 0 Å². The van der Waals surface area contributed by atoms with Crippen LogP contribution in [0.5, 0.6) is 11.5 Å². The third-order valence-corrected chi connectivity index (χ3v) is 2.89. The Balaban J connectivity index is 2.11. The van der Waals surface area contributed by atoms with Crippen LogP contribution in [-0.4, -0.2) is 19.0 Å². The maximum atomic E-state index is 13.1. The number of halogens is 2. The van der Waals surface area contributed by atoms with E-state index < -0.39 is 17.7 Å². The van der Waals surface area contributed by atoms with E-state index in [1.807, 2.05) is 0 Å². The number of carbonyl (C=O) groups is 1. The number of hydrogen-bond donors (Lipinski definition) is 0. The molecule has 0 spiro atoms. The van der Waals surface area contributed by atoms with Gasteiger partial charge in [-0.1, -0.05) is 0 Å². The highest BCUT2D eigenvalue weighted by atomic mass is 19.1. The Labute approximate surface area is 121 Å². The molecular weight excluding hydrogens is 278 g/mol. The summed E-state index contributed by atoms with van der Waals surface area (Å²) < 4.78 is 36.4. The molecule has 0 N–H and O–H groups in total. The van der Waals surface area contributed by atoms with Crippen LogP contribution in [-0.2, 0) is 0 Å². The fourth-order valence-electron chi connectivity index (χ4n) is 1.84. The van der Waals surface area contributed by atoms with E-state index in [1.165, 1.54) is 14.0 Å². The Morgan fingerprint density at radius 3 is 2.10 bits per heavy atom. The Bertz CT molecular complexity index is 618. The summed E-state index contributed by atoms with van der Waals surface area (Å²) in [5.74, 6) is -1.19. The second-order valence-corrected chi connectivity index (χ2v) is 4.46. The summed E-state index contributed by atoms with van der Waals surface area (Å²) in [5.41, 5.74) is 0.431. The molecule has 0 heterocycles. The lowest BCUT2D eigenvalue weighted by Gasteiger charge is -2.14. The first-order valence-corrected chi connectivity index (χ1v) is 6.30. The van der Waals surface area contributed by atoms with Gasteiger partial charge in [0.05, 0.1) is 7.11 Å². The van der Waals surface area contributed by atoms with Gasteiger partial charge in [0.25, 0.3) is 0 Å². The third kappa shape index (κ3) is 3.78. The van der Waals surface area contributed by atoms with Crippen molar-refractivity contribution in [3.63, 3.8) is 0 Å². The van der Waals surface area contributed by atoms with Crippen LogP contribution < -0.4 is 9.47 Å². The highest BCUT2D eigenvalue weighted by Crippen LogP contribution is 2.19. The molecule has 2 aromatic carbocycles. The van der Waals surface area contributed by atoms with E-state index >= 15 is 0 Å². The van der Waals surface area contributed by atoms with Crippen molar-refractivity contribution in [2.24, 2.45) is 0 Å². The van der Waals surface area contributed by atoms with Crippen molar-refractivity contribution in [3.8, 4) is 11.5 Å². The van der Waals surface area contributed by atoms with Crippen molar-refractivity contribution in [2.75, 3.05) is 7.11 Å². The molecule has 0 fully saturated rings. The normalized spacial score (nSPS) is 11.8. The zero-order valence-electron chi connectivity index (χ0n) is 11.6. The molecule has 5 heteroatoms. The van der Waals surface area contributed by atoms with Gasteiger partial charge in [-0.05, 0) is 31.2 Å². The zero-order valence-corrected chi connectivity index (χ0v) is 11.6. The van der Waals surface area contributed by atoms with E-state index in [2.05, 4.69) is 0 Å². The molecule has 21 heavy (non-hydrogen) atoms. The lowest BCUT2D eigenvalue weighted by Crippen LogP contribution is -2.24. The fourth-order valence-corrected chi connectivity index (χ4v) is 1.84. The Morgan fingerprint density at radius 2 is 1.57 bits per heavy atom. The first-order valence-electron chi connectivity index (χ1n) is 6.30. The van der Waals surface area contributed by atoms with Crippen LogP contribution in [0, 0.1) is 11.6 Å². The first kappa shape index (κ1) is 15.0. The summed E-state index contributed by atoms with van der Waals surface area (Å²) in [5, 5.41) is 0. The minimum atomic E-state index is -0.861. The molecule has 0 saturated heterocycles. The summed E-state index contributed by atoms with van der Waals surface area (Å²) in [6.45, 7) is 1.52. The number of ether oxygens (including phenoxy) is 2. The molecule has 0 aliphatic heterocycles. The van der Waals surface area contributed by atoms with Gasteiger partial charge in [-0.15, -0.1) is 0 Å². The average Bonchev–Trinajstić information content (AvgIpc) is 2.45. The second kappa shape index (κ2) is 6.35. The zero-order chi connectivity index (χ0) is 15.4. The van der Waals surface area contributed by atoms with Crippen LogP contribution in [0.1, 0.15) is 17.3 Å². The van der Waals surface area contributed by atoms with Gasteiger partial charge in [-0.2, -0.15) is 0 Å². The lowest BCUT2D eigenvalue weighted by atomic mass is 10.1. The summed E-state index contributed by atoms with van der Waals surface area (Å²) in [7, 11) is 1.53. The summed E-state index contributed by atoms with van der Waals surface area (Å²) >= 11 is 0. The maximum absolute atomic E-state index is 13.1. The summed E-state index contributed by atoms with van der Waals surface area (Å²) in [4.78, 5) is 12.2. The van der Waals surface area contributed by atoms with Crippen LogP contribution in [0.3, 0.4) is 0 Å². The van der Waals surface area contributed by atoms with Crippen molar-refractivity contribution in [2.45, 2.75) is 13.0 Å². The first-order chi connectivity index (χ1) is 9.99. The lowest BCUT2D eigenvalue weighted by molar-refractivity contribution is 0.0817. The van der Waals surface area contributed by atoms with Crippen LogP contribution in [0.2, 0.25) is 0 Å². The van der Waals surface area contributed by atoms with Crippen molar-refractivity contribution in [3.05, 3.63) is 59.7 Å². The maximum Gasteiger partial charge on any atom is 0.202 e. The SMILES string of the molecule is COc1ccc(C(=O)C(C)Oc2cc(F)cc(F)c2)cc1. The molecule has 1 unspecified atom stereocenters. The van der Waals surface area contributed by atoms with E-state index in [-0.39, 0.29) is 11.5 Å². The number of methoxy groups -OCH3 is 1. The van der Waals surface area contributed by atoms with Gasteiger partial charge in [0.1, 0.15) is 23.1 Å². The number of hydrogen-bond acceptors (Lipinski definition) is 3. The van der Waals surface area contributed by atoms with Crippen LogP contribution in [0.25, 0.3) is 0 Å². The molecule has 1 atom stereocenters. The summed E-state index contributed by atoms with van der Waals surface area (Å²) in [6.07, 6.45) is -0.861. The predicted molar refractivity (Wildman–Crippen MR) is 73.8 cm³/mol. The largest absolute Gasteiger partial charge is 0.497 e. The van der Waals surface area contributed by atoms with Crippen molar-refractivity contribution >= 4 is 5.78 Å². The minimum Gasteiger partial charge on any atom is -0.497 e. The van der Waals surface area contributed by atoms with Crippen LogP contribution in [0.15, 0.2) is 42.5 Å². The van der Waals surface area contributed by atoms with Gasteiger partial charge in [0, 0.05) is 23.8 Å². The molecule has 0 radical (unpaired) electrons. The van der Waals surface area contributed by atoms with Gasteiger partial charge in [0.2, 0.25) is 5.78 Å². The molecule has 0 aliphatic rings. The molecule has 2 rings (SSSR count). The van der Waals surface area contributed by atoms with Crippen LogP contribution >= 0.6 is 0 Å². The second-order valence-electron chi connectivity index (χ2n) is 4.46. The predicted octanol–water partition coefficient (Wildman–Crippen LogP) is 3.62. The standard InChI is InChI=1S/C16H14F2O3/c1-10(21-15-8-12(17)7-13(18)9-15)16(19)11-3-5-14(20-2)6-4-11/h3-10H,1-2H3. The van der Waals surface area contributed by atoms with Gasteiger partial charge in [-0.25, -0.2) is 8.78 Å². The number of Topliss-reactive ketones (excluding diaryl/α,β-unsaturated/α-hetero) is 1. The van der Waals surface area contributed by atoms with E-state index in [0.29, 0.717) is 11.3 Å². The number of carbonyl (C=O) groups excluding carboxylic acids is 1. The number of ketones is 1. The van der Waals surface area contributed by atoms with Gasteiger partial charge < -0.3 is 9.47 Å². The molecule has 0 saturated carbocycles. The number of rotatable bonds is 5. The highest BCUT2D eigenvalue weighted by Gasteiger charge is 2.17. The number of benzene rings is 2. The topological polar surface area (TPSA) is 35.5 Å². The molecule has 0 amide bonds.